The standard InChI is InChI=1S/C13H17NO2/c15-13-6-11-8-16-7-10(11)5-12(13)9-1-3-14-4-2-9/h5-6,9,14-15H,1-4,7-8H2. The van der Waals surface area contributed by atoms with Gasteiger partial charge in [-0.15, -0.1) is 0 Å². The van der Waals surface area contributed by atoms with E-state index in [9.17, 15) is 5.11 Å². The molecule has 0 aromatic heterocycles. The van der Waals surface area contributed by atoms with Gasteiger partial charge in [-0.3, -0.25) is 0 Å². The lowest BCUT2D eigenvalue weighted by molar-refractivity contribution is 0.134. The number of hydrogen-bond acceptors (Lipinski definition) is 3. The Bertz CT molecular complexity index is 397. The zero-order valence-electron chi connectivity index (χ0n) is 9.33. The Balaban J connectivity index is 1.94. The van der Waals surface area contributed by atoms with Gasteiger partial charge in [0.2, 0.25) is 0 Å². The summed E-state index contributed by atoms with van der Waals surface area (Å²) in [4.78, 5) is 0. The van der Waals surface area contributed by atoms with Crippen LogP contribution < -0.4 is 5.32 Å². The summed E-state index contributed by atoms with van der Waals surface area (Å²) in [6, 6.07) is 4.04. The van der Waals surface area contributed by atoms with E-state index in [0.717, 1.165) is 37.1 Å². The predicted molar refractivity (Wildman–Crippen MR) is 61.4 cm³/mol. The number of fused-ring (bicyclic) bond motifs is 1. The van der Waals surface area contributed by atoms with Crippen LogP contribution in [0, 0.1) is 0 Å². The number of aromatic hydroxyl groups is 1. The fourth-order valence-corrected chi connectivity index (χ4v) is 2.70. The molecule has 16 heavy (non-hydrogen) atoms. The Hall–Kier alpha value is -1.06. The van der Waals surface area contributed by atoms with Gasteiger partial charge in [-0.25, -0.2) is 0 Å². The van der Waals surface area contributed by atoms with Crippen molar-refractivity contribution >= 4 is 0 Å². The Morgan fingerprint density at radius 1 is 1.12 bits per heavy atom. The van der Waals surface area contributed by atoms with E-state index in [4.69, 9.17) is 4.74 Å². The second-order valence-corrected chi connectivity index (χ2v) is 4.70. The predicted octanol–water partition coefficient (Wildman–Crippen LogP) is 1.89. The monoisotopic (exact) mass is 219 g/mol. The van der Waals surface area contributed by atoms with Gasteiger partial charge in [-0.2, -0.15) is 0 Å². The van der Waals surface area contributed by atoms with E-state index >= 15 is 0 Å². The fourth-order valence-electron chi connectivity index (χ4n) is 2.70. The normalized spacial score (nSPS) is 21.0. The van der Waals surface area contributed by atoms with Gasteiger partial charge in [-0.05, 0) is 60.7 Å². The second kappa shape index (κ2) is 4.07. The molecule has 3 nitrogen and oxygen atoms in total. The lowest BCUT2D eigenvalue weighted by atomic mass is 9.88. The molecule has 0 aliphatic carbocycles. The van der Waals surface area contributed by atoms with Crippen LogP contribution in [0.3, 0.4) is 0 Å². The molecule has 2 N–H and O–H groups in total. The summed E-state index contributed by atoms with van der Waals surface area (Å²) >= 11 is 0. The van der Waals surface area contributed by atoms with Gasteiger partial charge in [-0.1, -0.05) is 0 Å². The Morgan fingerprint density at radius 2 is 1.81 bits per heavy atom. The quantitative estimate of drug-likeness (QED) is 0.758. The molecule has 1 saturated heterocycles. The number of ether oxygens (including phenoxy) is 1. The van der Waals surface area contributed by atoms with Crippen LogP contribution in [0.1, 0.15) is 35.4 Å². The van der Waals surface area contributed by atoms with Crippen LogP contribution in [-0.2, 0) is 18.0 Å². The molecule has 0 saturated carbocycles. The molecule has 1 aromatic rings. The fraction of sp³-hybridized carbons (Fsp3) is 0.538. The summed E-state index contributed by atoms with van der Waals surface area (Å²) in [5.41, 5.74) is 3.52. The molecule has 0 atom stereocenters. The molecule has 2 aliphatic heterocycles. The van der Waals surface area contributed by atoms with Crippen molar-refractivity contribution in [3.8, 4) is 5.75 Å². The van der Waals surface area contributed by atoms with Crippen molar-refractivity contribution < 1.29 is 9.84 Å². The summed E-state index contributed by atoms with van der Waals surface area (Å²) < 4.78 is 5.39. The summed E-state index contributed by atoms with van der Waals surface area (Å²) in [6.45, 7) is 3.46. The van der Waals surface area contributed by atoms with Gasteiger partial charge in [0.15, 0.2) is 0 Å². The summed E-state index contributed by atoms with van der Waals surface area (Å²) in [7, 11) is 0. The van der Waals surface area contributed by atoms with Crippen molar-refractivity contribution in [2.45, 2.75) is 32.0 Å². The number of phenols is 1. The van der Waals surface area contributed by atoms with Crippen molar-refractivity contribution in [2.75, 3.05) is 13.1 Å². The third-order valence-electron chi connectivity index (χ3n) is 3.64. The van der Waals surface area contributed by atoms with Gasteiger partial charge in [0.1, 0.15) is 5.75 Å². The molecular weight excluding hydrogens is 202 g/mol. The highest BCUT2D eigenvalue weighted by atomic mass is 16.5. The Labute approximate surface area is 95.4 Å². The molecule has 0 radical (unpaired) electrons. The van der Waals surface area contributed by atoms with Crippen LogP contribution in [-0.4, -0.2) is 18.2 Å². The molecule has 0 bridgehead atoms. The van der Waals surface area contributed by atoms with Crippen molar-refractivity contribution in [2.24, 2.45) is 0 Å². The minimum absolute atomic E-state index is 0.455. The first-order chi connectivity index (χ1) is 7.84. The van der Waals surface area contributed by atoms with Crippen molar-refractivity contribution in [1.82, 2.24) is 5.32 Å². The molecule has 0 amide bonds. The lowest BCUT2D eigenvalue weighted by Crippen LogP contribution is -2.26. The molecule has 0 spiro atoms. The van der Waals surface area contributed by atoms with Crippen LogP contribution in [0.5, 0.6) is 5.75 Å². The van der Waals surface area contributed by atoms with Gasteiger partial charge < -0.3 is 15.2 Å². The zero-order chi connectivity index (χ0) is 11.0. The van der Waals surface area contributed by atoms with Gasteiger partial charge in [0.05, 0.1) is 13.2 Å². The molecule has 86 valence electrons. The van der Waals surface area contributed by atoms with Crippen molar-refractivity contribution in [3.05, 3.63) is 28.8 Å². The molecule has 2 aliphatic rings. The highest BCUT2D eigenvalue weighted by Crippen LogP contribution is 2.36. The van der Waals surface area contributed by atoms with E-state index in [0.29, 0.717) is 24.9 Å². The van der Waals surface area contributed by atoms with Gasteiger partial charge >= 0.3 is 0 Å². The van der Waals surface area contributed by atoms with Gasteiger partial charge in [0, 0.05) is 0 Å². The lowest BCUT2D eigenvalue weighted by Gasteiger charge is -2.24. The molecule has 1 aromatic carbocycles. The number of benzene rings is 1. The molecule has 0 unspecified atom stereocenters. The largest absolute Gasteiger partial charge is 0.508 e. The molecular formula is C13H17NO2. The number of hydrogen-bond donors (Lipinski definition) is 2. The maximum atomic E-state index is 10.1. The minimum atomic E-state index is 0.455. The number of piperidine rings is 1. The van der Waals surface area contributed by atoms with Crippen LogP contribution >= 0.6 is 0 Å². The van der Waals surface area contributed by atoms with Crippen LogP contribution in [0.15, 0.2) is 12.1 Å². The number of rotatable bonds is 1. The first-order valence-corrected chi connectivity index (χ1v) is 5.98. The first kappa shape index (κ1) is 10.1. The minimum Gasteiger partial charge on any atom is -0.508 e. The average molecular weight is 219 g/mol. The third kappa shape index (κ3) is 1.70. The van der Waals surface area contributed by atoms with E-state index < -0.39 is 0 Å². The van der Waals surface area contributed by atoms with Crippen LogP contribution in [0.25, 0.3) is 0 Å². The highest BCUT2D eigenvalue weighted by molar-refractivity contribution is 5.44. The number of phenolic OH excluding ortho intramolecular Hbond substituents is 1. The Kier molecular flexibility index (Phi) is 2.58. The molecule has 2 heterocycles. The van der Waals surface area contributed by atoms with E-state index in [1.165, 1.54) is 5.56 Å². The first-order valence-electron chi connectivity index (χ1n) is 5.98. The van der Waals surface area contributed by atoms with Crippen molar-refractivity contribution in [3.63, 3.8) is 0 Å². The number of nitrogens with one attached hydrogen (secondary N) is 1. The highest BCUT2D eigenvalue weighted by Gasteiger charge is 2.21. The van der Waals surface area contributed by atoms with E-state index in [-0.39, 0.29) is 0 Å². The Morgan fingerprint density at radius 3 is 2.56 bits per heavy atom. The van der Waals surface area contributed by atoms with E-state index in [1.807, 2.05) is 6.07 Å². The van der Waals surface area contributed by atoms with Crippen LogP contribution in [0.4, 0.5) is 0 Å². The summed E-state index contributed by atoms with van der Waals surface area (Å²) in [6.07, 6.45) is 2.24. The SMILES string of the molecule is Oc1cc2c(cc1C1CCNCC1)COC2. The molecule has 3 rings (SSSR count). The molecule has 3 heteroatoms. The second-order valence-electron chi connectivity index (χ2n) is 4.70. The molecule has 1 fully saturated rings. The van der Waals surface area contributed by atoms with Crippen LogP contribution in [0.2, 0.25) is 0 Å². The zero-order valence-corrected chi connectivity index (χ0v) is 9.33. The maximum absolute atomic E-state index is 10.1. The third-order valence-corrected chi connectivity index (χ3v) is 3.64. The maximum Gasteiger partial charge on any atom is 0.119 e. The van der Waals surface area contributed by atoms with Gasteiger partial charge in [0.25, 0.3) is 0 Å². The van der Waals surface area contributed by atoms with Crippen molar-refractivity contribution in [1.29, 1.82) is 0 Å². The summed E-state index contributed by atoms with van der Waals surface area (Å²) in [5.74, 6) is 0.961. The van der Waals surface area contributed by atoms with E-state index in [2.05, 4.69) is 11.4 Å². The van der Waals surface area contributed by atoms with E-state index in [1.54, 1.807) is 0 Å². The average Bonchev–Trinajstić information content (AvgIpc) is 2.76. The summed E-state index contributed by atoms with van der Waals surface area (Å²) in [5, 5.41) is 13.4. The topological polar surface area (TPSA) is 41.5 Å². The smallest absolute Gasteiger partial charge is 0.119 e.